The Labute approximate surface area is 188 Å². The van der Waals surface area contributed by atoms with Crippen LogP contribution in [0.25, 0.3) is 10.1 Å². The average molecular weight is 517 g/mol. The van der Waals surface area contributed by atoms with Crippen molar-refractivity contribution in [3.05, 3.63) is 69.0 Å². The molecule has 0 amide bonds. The quantitative estimate of drug-likeness (QED) is 0.282. The van der Waals surface area contributed by atoms with Gasteiger partial charge >= 0.3 is 7.60 Å². The van der Waals surface area contributed by atoms with E-state index in [1.807, 2.05) is 24.3 Å². The normalized spacial score (nSPS) is 13.5. The van der Waals surface area contributed by atoms with Crippen LogP contribution in [0.5, 0.6) is 0 Å². The first-order valence-electron chi connectivity index (χ1n) is 9.68. The first-order chi connectivity index (χ1) is 14.1. The lowest BCUT2D eigenvalue weighted by molar-refractivity contribution is 0.136. The maximum absolute atomic E-state index is 14.1. The molecule has 0 radical (unpaired) electrons. The molecule has 1 heterocycles. The van der Waals surface area contributed by atoms with Crippen molar-refractivity contribution >= 4 is 44.9 Å². The number of thiophene rings is 1. The van der Waals surface area contributed by atoms with Gasteiger partial charge in [0.1, 0.15) is 5.66 Å². The van der Waals surface area contributed by atoms with Crippen LogP contribution in [-0.4, -0.2) is 12.2 Å². The van der Waals surface area contributed by atoms with Crippen LogP contribution < -0.4 is 0 Å². The largest absolute Gasteiger partial charge is 0.339 e. The number of hydrogen-bond donors (Lipinski definition) is 0. The molecule has 3 rings (SSSR count). The van der Waals surface area contributed by atoms with E-state index in [1.54, 1.807) is 27.7 Å². The molecule has 0 fully saturated rings. The monoisotopic (exact) mass is 516 g/mol. The Morgan fingerprint density at radius 1 is 1.00 bits per heavy atom. The van der Waals surface area contributed by atoms with Crippen LogP contribution in [0, 0.1) is 11.6 Å². The summed E-state index contributed by atoms with van der Waals surface area (Å²) in [6.07, 6.45) is -0.496. The van der Waals surface area contributed by atoms with Crippen molar-refractivity contribution in [2.75, 3.05) is 0 Å². The van der Waals surface area contributed by atoms with E-state index in [-0.39, 0.29) is 18.6 Å². The van der Waals surface area contributed by atoms with Crippen molar-refractivity contribution in [1.29, 1.82) is 0 Å². The summed E-state index contributed by atoms with van der Waals surface area (Å²) in [6, 6.07) is 11.6. The van der Waals surface area contributed by atoms with E-state index in [0.717, 1.165) is 31.6 Å². The Hall–Kier alpha value is -1.11. The number of halogens is 3. The number of benzene rings is 2. The lowest BCUT2D eigenvalue weighted by Crippen LogP contribution is -2.15. The Kier molecular flexibility index (Phi) is 7.52. The zero-order valence-electron chi connectivity index (χ0n) is 17.2. The van der Waals surface area contributed by atoms with Gasteiger partial charge in [-0.3, -0.25) is 4.57 Å². The Bertz CT molecular complexity index is 1070. The molecule has 2 aromatic carbocycles. The van der Waals surface area contributed by atoms with Gasteiger partial charge < -0.3 is 9.05 Å². The molecule has 162 valence electrons. The molecule has 0 spiro atoms. The molecule has 1 aromatic heterocycles. The molecule has 3 nitrogen and oxygen atoms in total. The molecule has 0 unspecified atom stereocenters. The zero-order chi connectivity index (χ0) is 22.1. The smallest absolute Gasteiger partial charge is 0.305 e. The van der Waals surface area contributed by atoms with E-state index >= 15 is 0 Å². The maximum Gasteiger partial charge on any atom is 0.339 e. The minimum Gasteiger partial charge on any atom is -0.305 e. The van der Waals surface area contributed by atoms with Gasteiger partial charge in [0.15, 0.2) is 11.6 Å². The highest BCUT2D eigenvalue weighted by atomic mass is 79.9. The van der Waals surface area contributed by atoms with Crippen molar-refractivity contribution in [2.45, 2.75) is 52.0 Å². The number of hydrogen-bond acceptors (Lipinski definition) is 4. The van der Waals surface area contributed by atoms with Gasteiger partial charge in [-0.1, -0.05) is 24.3 Å². The predicted octanol–water partition coefficient (Wildman–Crippen LogP) is 8.27. The van der Waals surface area contributed by atoms with Gasteiger partial charge in [0.25, 0.3) is 0 Å². The summed E-state index contributed by atoms with van der Waals surface area (Å²) in [4.78, 5) is 0.797. The van der Waals surface area contributed by atoms with Gasteiger partial charge in [0.2, 0.25) is 0 Å². The summed E-state index contributed by atoms with van der Waals surface area (Å²) < 4.78 is 55.1. The molecular formula is C22H24BrF2O3PS. The molecule has 0 bridgehead atoms. The lowest BCUT2D eigenvalue weighted by atomic mass is 10.1. The highest BCUT2D eigenvalue weighted by Gasteiger charge is 2.41. The van der Waals surface area contributed by atoms with Gasteiger partial charge in [-0.25, -0.2) is 8.78 Å². The average Bonchev–Trinajstić information content (AvgIpc) is 2.98. The van der Waals surface area contributed by atoms with E-state index in [4.69, 9.17) is 9.05 Å². The van der Waals surface area contributed by atoms with Gasteiger partial charge in [-0.15, -0.1) is 11.3 Å². The fourth-order valence-corrected chi connectivity index (χ4v) is 8.42. The summed E-state index contributed by atoms with van der Waals surface area (Å²) in [5.41, 5.74) is -0.165. The molecule has 0 saturated carbocycles. The van der Waals surface area contributed by atoms with E-state index in [9.17, 15) is 13.3 Å². The predicted molar refractivity (Wildman–Crippen MR) is 122 cm³/mol. The lowest BCUT2D eigenvalue weighted by Gasteiger charge is -2.30. The van der Waals surface area contributed by atoms with Crippen molar-refractivity contribution in [1.82, 2.24) is 0 Å². The highest BCUT2D eigenvalue weighted by Crippen LogP contribution is 2.66. The molecule has 30 heavy (non-hydrogen) atoms. The molecule has 0 aliphatic heterocycles. The van der Waals surface area contributed by atoms with Gasteiger partial charge in [-0.05, 0) is 73.8 Å². The number of fused-ring (bicyclic) bond motifs is 1. The van der Waals surface area contributed by atoms with Crippen molar-refractivity contribution in [3.8, 4) is 0 Å². The van der Waals surface area contributed by atoms with Crippen LogP contribution in [0.2, 0.25) is 0 Å². The van der Waals surface area contributed by atoms with Crippen LogP contribution >= 0.6 is 34.9 Å². The molecule has 0 aliphatic rings. The van der Waals surface area contributed by atoms with Crippen LogP contribution in [0.15, 0.2) is 46.9 Å². The SMILES string of the molecule is CC(C)OP(=O)(OC(C)C)[C@H](Cc1ccc(F)c(F)c1)c1sc2ccccc2c1Br. The van der Waals surface area contributed by atoms with E-state index in [0.29, 0.717) is 5.56 Å². The second kappa shape index (κ2) is 9.58. The Morgan fingerprint density at radius 2 is 1.63 bits per heavy atom. The molecule has 0 aliphatic carbocycles. The molecule has 3 aromatic rings. The summed E-state index contributed by atoms with van der Waals surface area (Å²) in [5.74, 6) is -1.86. The van der Waals surface area contributed by atoms with E-state index in [2.05, 4.69) is 15.9 Å². The summed E-state index contributed by atoms with van der Waals surface area (Å²) in [6.45, 7) is 7.19. The van der Waals surface area contributed by atoms with Gasteiger partial charge in [-0.2, -0.15) is 0 Å². The summed E-state index contributed by atoms with van der Waals surface area (Å²) in [5, 5.41) is 0.994. The molecule has 0 saturated heterocycles. The van der Waals surface area contributed by atoms with Crippen molar-refractivity contribution in [3.63, 3.8) is 0 Å². The third kappa shape index (κ3) is 5.20. The third-order valence-corrected chi connectivity index (χ3v) is 9.58. The summed E-state index contributed by atoms with van der Waals surface area (Å²) >= 11 is 5.15. The van der Waals surface area contributed by atoms with E-state index < -0.39 is 24.9 Å². The van der Waals surface area contributed by atoms with Crippen molar-refractivity contribution < 1.29 is 22.4 Å². The van der Waals surface area contributed by atoms with Gasteiger partial charge in [0, 0.05) is 19.4 Å². The Morgan fingerprint density at radius 3 is 2.20 bits per heavy atom. The zero-order valence-corrected chi connectivity index (χ0v) is 20.5. The van der Waals surface area contributed by atoms with Crippen LogP contribution in [-0.2, 0) is 20.0 Å². The fourth-order valence-electron chi connectivity index (χ4n) is 3.24. The maximum atomic E-state index is 14.1. The summed E-state index contributed by atoms with van der Waals surface area (Å²) in [7, 11) is -3.67. The standard InChI is InChI=1S/C22H24BrF2O3PS/c1-13(2)27-29(26,28-14(3)4)19(12-15-9-10-17(24)18(25)11-15)22-21(23)16-7-5-6-8-20(16)30-22/h5-11,13-14,19H,12H2,1-4H3/t19-/m1/s1. The first kappa shape index (κ1) is 23.6. The topological polar surface area (TPSA) is 35.5 Å². The van der Waals surface area contributed by atoms with Crippen LogP contribution in [0.1, 0.15) is 43.8 Å². The van der Waals surface area contributed by atoms with Crippen LogP contribution in [0.4, 0.5) is 8.78 Å². The second-order valence-electron chi connectivity index (χ2n) is 7.59. The minimum absolute atomic E-state index is 0.180. The molecule has 8 heteroatoms. The minimum atomic E-state index is -3.67. The second-order valence-corrected chi connectivity index (χ2v) is 11.6. The fraction of sp³-hybridized carbons (Fsp3) is 0.364. The third-order valence-electron chi connectivity index (χ3n) is 4.37. The molecule has 0 N–H and O–H groups in total. The van der Waals surface area contributed by atoms with Crippen LogP contribution in [0.3, 0.4) is 0 Å². The molecular weight excluding hydrogens is 493 g/mol. The Balaban J connectivity index is 2.16. The number of rotatable bonds is 8. The first-order valence-corrected chi connectivity index (χ1v) is 12.9. The van der Waals surface area contributed by atoms with E-state index in [1.165, 1.54) is 17.4 Å². The van der Waals surface area contributed by atoms with Gasteiger partial charge in [0.05, 0.1) is 12.2 Å². The molecule has 1 atom stereocenters. The highest BCUT2D eigenvalue weighted by molar-refractivity contribution is 9.10. The van der Waals surface area contributed by atoms with Crippen molar-refractivity contribution in [2.24, 2.45) is 0 Å².